The van der Waals surface area contributed by atoms with Crippen molar-refractivity contribution in [3.63, 3.8) is 0 Å². The van der Waals surface area contributed by atoms with Gasteiger partial charge in [-0.25, -0.2) is 0 Å². The SMILES string of the molecule is COc1ccc(C(=C=C(c2ccccc2)c2ccc(OC)cc2)c2ccccc2)cc1. The first kappa shape index (κ1) is 20.3. The summed E-state index contributed by atoms with van der Waals surface area (Å²) in [6.45, 7) is 0. The minimum absolute atomic E-state index is 0.832. The lowest BCUT2D eigenvalue weighted by molar-refractivity contribution is 0.414. The first-order chi connectivity index (χ1) is 15.3. The Kier molecular flexibility index (Phi) is 6.32. The van der Waals surface area contributed by atoms with Crippen molar-refractivity contribution in [3.8, 4) is 11.5 Å². The molecule has 0 saturated carbocycles. The molecule has 31 heavy (non-hydrogen) atoms. The topological polar surface area (TPSA) is 18.5 Å². The van der Waals surface area contributed by atoms with Gasteiger partial charge in [-0.15, -0.1) is 5.73 Å². The molecule has 4 aromatic carbocycles. The Morgan fingerprint density at radius 1 is 0.452 bits per heavy atom. The Morgan fingerprint density at radius 3 is 1.10 bits per heavy atom. The predicted molar refractivity (Wildman–Crippen MR) is 127 cm³/mol. The molecule has 0 amide bonds. The summed E-state index contributed by atoms with van der Waals surface area (Å²) in [6.07, 6.45) is 0. The van der Waals surface area contributed by atoms with Crippen molar-refractivity contribution in [2.75, 3.05) is 14.2 Å². The lowest BCUT2D eigenvalue weighted by Gasteiger charge is -2.11. The van der Waals surface area contributed by atoms with Crippen molar-refractivity contribution < 1.29 is 9.47 Å². The van der Waals surface area contributed by atoms with E-state index in [9.17, 15) is 0 Å². The zero-order chi connectivity index (χ0) is 21.5. The Balaban J connectivity index is 2.00. The van der Waals surface area contributed by atoms with E-state index in [4.69, 9.17) is 9.47 Å². The van der Waals surface area contributed by atoms with E-state index in [0.717, 1.165) is 44.9 Å². The summed E-state index contributed by atoms with van der Waals surface area (Å²) in [5.41, 5.74) is 10.2. The van der Waals surface area contributed by atoms with Crippen LogP contribution in [0, 0.1) is 0 Å². The molecule has 0 unspecified atom stereocenters. The van der Waals surface area contributed by atoms with E-state index in [1.807, 2.05) is 36.4 Å². The molecule has 0 aliphatic carbocycles. The van der Waals surface area contributed by atoms with E-state index in [1.54, 1.807) is 14.2 Å². The van der Waals surface area contributed by atoms with Crippen molar-refractivity contribution in [1.29, 1.82) is 0 Å². The van der Waals surface area contributed by atoms with E-state index in [-0.39, 0.29) is 0 Å². The molecule has 0 atom stereocenters. The second-order valence-corrected chi connectivity index (χ2v) is 7.06. The van der Waals surface area contributed by atoms with Crippen LogP contribution < -0.4 is 9.47 Å². The molecule has 0 radical (unpaired) electrons. The van der Waals surface area contributed by atoms with Crippen LogP contribution in [0.15, 0.2) is 115 Å². The Labute approximate surface area is 183 Å². The van der Waals surface area contributed by atoms with Crippen LogP contribution in [-0.2, 0) is 0 Å². The minimum atomic E-state index is 0.832. The zero-order valence-corrected chi connectivity index (χ0v) is 17.7. The molecular formula is C29H24O2. The van der Waals surface area contributed by atoms with Crippen molar-refractivity contribution in [2.24, 2.45) is 0 Å². The number of hydrogen-bond acceptors (Lipinski definition) is 2. The Bertz CT molecular complexity index is 1090. The van der Waals surface area contributed by atoms with Gasteiger partial charge in [-0.3, -0.25) is 0 Å². The number of ether oxygens (including phenoxy) is 2. The highest BCUT2D eigenvalue weighted by molar-refractivity contribution is 5.88. The van der Waals surface area contributed by atoms with Gasteiger partial charge in [0.15, 0.2) is 0 Å². The maximum Gasteiger partial charge on any atom is 0.118 e. The average molecular weight is 405 g/mol. The third-order valence-corrected chi connectivity index (χ3v) is 5.13. The maximum absolute atomic E-state index is 5.35. The largest absolute Gasteiger partial charge is 0.497 e. The molecule has 0 aromatic heterocycles. The van der Waals surface area contributed by atoms with Gasteiger partial charge in [0.1, 0.15) is 11.5 Å². The molecule has 0 fully saturated rings. The molecule has 0 aliphatic rings. The van der Waals surface area contributed by atoms with E-state index in [2.05, 4.69) is 78.5 Å². The molecule has 0 bridgehead atoms. The van der Waals surface area contributed by atoms with Gasteiger partial charge in [0.2, 0.25) is 0 Å². The molecule has 0 aliphatic heterocycles. The van der Waals surface area contributed by atoms with Gasteiger partial charge >= 0.3 is 0 Å². The van der Waals surface area contributed by atoms with Crippen LogP contribution in [0.1, 0.15) is 22.3 Å². The smallest absolute Gasteiger partial charge is 0.118 e. The van der Waals surface area contributed by atoms with Crippen LogP contribution in [0.3, 0.4) is 0 Å². The van der Waals surface area contributed by atoms with Crippen LogP contribution in [-0.4, -0.2) is 14.2 Å². The summed E-state index contributed by atoms with van der Waals surface area (Å²) in [5.74, 6) is 1.66. The average Bonchev–Trinajstić information content (AvgIpc) is 2.86. The second kappa shape index (κ2) is 9.67. The summed E-state index contributed by atoms with van der Waals surface area (Å²) < 4.78 is 10.7. The summed E-state index contributed by atoms with van der Waals surface area (Å²) in [4.78, 5) is 0. The molecule has 2 nitrogen and oxygen atoms in total. The highest BCUT2D eigenvalue weighted by atomic mass is 16.5. The normalized spacial score (nSPS) is 10.1. The molecule has 2 heteroatoms. The van der Waals surface area contributed by atoms with Crippen molar-refractivity contribution in [1.82, 2.24) is 0 Å². The zero-order valence-electron chi connectivity index (χ0n) is 17.7. The van der Waals surface area contributed by atoms with Crippen LogP contribution in [0.5, 0.6) is 11.5 Å². The van der Waals surface area contributed by atoms with Crippen LogP contribution in [0.4, 0.5) is 0 Å². The number of rotatable bonds is 6. The molecule has 4 rings (SSSR count). The number of benzene rings is 4. The molecule has 0 N–H and O–H groups in total. The summed E-state index contributed by atoms with van der Waals surface area (Å²) in [6, 6.07) is 36.9. The van der Waals surface area contributed by atoms with Gasteiger partial charge in [0.05, 0.1) is 14.2 Å². The van der Waals surface area contributed by atoms with Crippen LogP contribution in [0.25, 0.3) is 11.1 Å². The minimum Gasteiger partial charge on any atom is -0.497 e. The fourth-order valence-electron chi connectivity index (χ4n) is 3.47. The molecule has 4 aromatic rings. The third kappa shape index (κ3) is 4.78. The van der Waals surface area contributed by atoms with Gasteiger partial charge < -0.3 is 9.47 Å². The van der Waals surface area contributed by atoms with E-state index in [1.165, 1.54) is 0 Å². The lowest BCUT2D eigenvalue weighted by Crippen LogP contribution is -1.91. The second-order valence-electron chi connectivity index (χ2n) is 7.06. The van der Waals surface area contributed by atoms with Gasteiger partial charge in [-0.2, -0.15) is 0 Å². The fourth-order valence-corrected chi connectivity index (χ4v) is 3.47. The summed E-state index contributed by atoms with van der Waals surface area (Å²) in [7, 11) is 3.36. The summed E-state index contributed by atoms with van der Waals surface area (Å²) in [5, 5.41) is 0. The highest BCUT2D eigenvalue weighted by Gasteiger charge is 2.09. The molecule has 0 spiro atoms. The molecular weight excluding hydrogens is 380 g/mol. The highest BCUT2D eigenvalue weighted by Crippen LogP contribution is 2.30. The lowest BCUT2D eigenvalue weighted by atomic mass is 9.93. The van der Waals surface area contributed by atoms with Gasteiger partial charge in [-0.05, 0) is 46.5 Å². The van der Waals surface area contributed by atoms with E-state index >= 15 is 0 Å². The third-order valence-electron chi connectivity index (χ3n) is 5.13. The first-order valence-electron chi connectivity index (χ1n) is 10.2. The van der Waals surface area contributed by atoms with Gasteiger partial charge in [0, 0.05) is 11.1 Å². The Morgan fingerprint density at radius 2 is 0.774 bits per heavy atom. The Hall–Kier alpha value is -4.00. The summed E-state index contributed by atoms with van der Waals surface area (Å²) >= 11 is 0. The molecule has 0 heterocycles. The predicted octanol–water partition coefficient (Wildman–Crippen LogP) is 6.87. The first-order valence-corrected chi connectivity index (χ1v) is 10.2. The molecule has 152 valence electrons. The van der Waals surface area contributed by atoms with Crippen molar-refractivity contribution in [2.45, 2.75) is 0 Å². The standard InChI is InChI=1S/C29H24O2/c1-30-26-17-13-24(14-18-26)28(22-9-5-3-6-10-22)21-29(23-11-7-4-8-12-23)25-15-19-27(31-2)20-16-25/h3-20H,1-2H3. The maximum atomic E-state index is 5.35. The van der Waals surface area contributed by atoms with E-state index in [0.29, 0.717) is 0 Å². The quantitative estimate of drug-likeness (QED) is 0.327. The number of hydrogen-bond donors (Lipinski definition) is 0. The van der Waals surface area contributed by atoms with Gasteiger partial charge in [-0.1, -0.05) is 84.9 Å². The van der Waals surface area contributed by atoms with Crippen molar-refractivity contribution >= 4 is 11.1 Å². The van der Waals surface area contributed by atoms with Crippen LogP contribution in [0.2, 0.25) is 0 Å². The monoisotopic (exact) mass is 404 g/mol. The van der Waals surface area contributed by atoms with Crippen molar-refractivity contribution in [3.05, 3.63) is 137 Å². The fraction of sp³-hybridized carbons (Fsp3) is 0.0690. The van der Waals surface area contributed by atoms with Gasteiger partial charge in [0.25, 0.3) is 0 Å². The van der Waals surface area contributed by atoms with Crippen LogP contribution >= 0.6 is 0 Å². The number of methoxy groups -OCH3 is 2. The molecule has 0 saturated heterocycles. The van der Waals surface area contributed by atoms with E-state index < -0.39 is 0 Å².